The lowest BCUT2D eigenvalue weighted by atomic mass is 9.93. The number of carbonyl (C=O) groups is 1. The van der Waals surface area contributed by atoms with E-state index in [-0.39, 0.29) is 6.42 Å². The molecule has 0 spiro atoms. The Kier molecular flexibility index (Phi) is 5.38. The van der Waals surface area contributed by atoms with Crippen molar-refractivity contribution < 1.29 is 32.9 Å². The van der Waals surface area contributed by atoms with Crippen LogP contribution >= 0.6 is 0 Å². The second-order valence-corrected chi connectivity index (χ2v) is 4.38. The average molecular weight is 292 g/mol. The Morgan fingerprint density at radius 2 is 2.05 bits per heavy atom. The van der Waals surface area contributed by atoms with Crippen LogP contribution in [0, 0.1) is 5.92 Å². The molecule has 0 amide bonds. The first-order valence-electron chi connectivity index (χ1n) is 5.84. The third-order valence-electron chi connectivity index (χ3n) is 2.85. The van der Waals surface area contributed by atoms with Gasteiger partial charge in [0.05, 0.1) is 13.0 Å². The predicted octanol–water partition coefficient (Wildman–Crippen LogP) is 2.25. The Labute approximate surface area is 113 Å². The highest BCUT2D eigenvalue weighted by Crippen LogP contribution is 2.27. The fraction of sp³-hybridized carbons (Fsp3) is 0.462. The molecule has 0 aromatic heterocycles. The van der Waals surface area contributed by atoms with Gasteiger partial charge in [-0.3, -0.25) is 4.79 Å². The van der Waals surface area contributed by atoms with Crippen LogP contribution in [0.3, 0.4) is 0 Å². The van der Waals surface area contributed by atoms with Gasteiger partial charge in [-0.1, -0.05) is 12.1 Å². The molecule has 0 saturated heterocycles. The van der Waals surface area contributed by atoms with Crippen LogP contribution in [0.4, 0.5) is 13.2 Å². The van der Waals surface area contributed by atoms with E-state index in [0.717, 1.165) is 0 Å². The molecule has 1 aromatic carbocycles. The van der Waals surface area contributed by atoms with Crippen LogP contribution < -0.4 is 4.74 Å². The summed E-state index contributed by atoms with van der Waals surface area (Å²) < 4.78 is 41.8. The predicted molar refractivity (Wildman–Crippen MR) is 64.5 cm³/mol. The van der Waals surface area contributed by atoms with Gasteiger partial charge in [-0.2, -0.15) is 13.2 Å². The van der Waals surface area contributed by atoms with Crippen LogP contribution in [0.2, 0.25) is 0 Å². The minimum absolute atomic E-state index is 0.111. The van der Waals surface area contributed by atoms with Gasteiger partial charge in [0.15, 0.2) is 6.10 Å². The van der Waals surface area contributed by atoms with Crippen molar-refractivity contribution in [2.24, 2.45) is 5.92 Å². The molecule has 7 heteroatoms. The summed E-state index contributed by atoms with van der Waals surface area (Å²) in [5.41, 5.74) is 0.533. The topological polar surface area (TPSA) is 66.8 Å². The molecule has 0 saturated carbocycles. The number of carboxylic acid groups (broad SMARTS) is 1. The molecule has 2 N–H and O–H groups in total. The van der Waals surface area contributed by atoms with Crippen molar-refractivity contribution in [3.05, 3.63) is 29.8 Å². The van der Waals surface area contributed by atoms with Crippen molar-refractivity contribution in [1.29, 1.82) is 0 Å². The molecule has 2 unspecified atom stereocenters. The Bertz CT molecular complexity index is 459. The van der Waals surface area contributed by atoms with Crippen molar-refractivity contribution in [3.8, 4) is 5.75 Å². The fourth-order valence-electron chi connectivity index (χ4n) is 1.76. The Morgan fingerprint density at radius 1 is 1.40 bits per heavy atom. The number of rotatable bonds is 6. The number of hydrogen-bond acceptors (Lipinski definition) is 3. The minimum Gasteiger partial charge on any atom is -0.497 e. The van der Waals surface area contributed by atoms with E-state index < -0.39 is 30.6 Å². The van der Waals surface area contributed by atoms with Crippen molar-refractivity contribution in [3.63, 3.8) is 0 Å². The molecule has 0 bridgehead atoms. The SMILES string of the molecule is COc1cccc(CC(CC(O)C(F)(F)F)C(=O)O)c1. The van der Waals surface area contributed by atoms with Gasteiger partial charge in [0.25, 0.3) is 0 Å². The average Bonchev–Trinajstić information content (AvgIpc) is 2.36. The molecule has 112 valence electrons. The summed E-state index contributed by atoms with van der Waals surface area (Å²) >= 11 is 0. The summed E-state index contributed by atoms with van der Waals surface area (Å²) in [5.74, 6) is -2.21. The summed E-state index contributed by atoms with van der Waals surface area (Å²) in [4.78, 5) is 11.0. The summed E-state index contributed by atoms with van der Waals surface area (Å²) in [5, 5.41) is 17.9. The molecule has 0 aliphatic heterocycles. The standard InChI is InChI=1S/C13H15F3O4/c1-20-10-4-2-3-8(6-10)5-9(12(18)19)7-11(17)13(14,15)16/h2-4,6,9,11,17H,5,7H2,1H3,(H,18,19). The lowest BCUT2D eigenvalue weighted by Gasteiger charge is -2.19. The lowest BCUT2D eigenvalue weighted by Crippen LogP contribution is -2.33. The van der Waals surface area contributed by atoms with Gasteiger partial charge in [0, 0.05) is 0 Å². The summed E-state index contributed by atoms with van der Waals surface area (Å²) in [6.45, 7) is 0. The zero-order valence-electron chi connectivity index (χ0n) is 10.7. The molecule has 4 nitrogen and oxygen atoms in total. The highest BCUT2D eigenvalue weighted by molar-refractivity contribution is 5.70. The van der Waals surface area contributed by atoms with Gasteiger partial charge in [0.2, 0.25) is 0 Å². The van der Waals surface area contributed by atoms with Crippen LogP contribution in [0.5, 0.6) is 5.75 Å². The highest BCUT2D eigenvalue weighted by Gasteiger charge is 2.40. The number of ether oxygens (including phenoxy) is 1. The first-order valence-corrected chi connectivity index (χ1v) is 5.84. The van der Waals surface area contributed by atoms with E-state index >= 15 is 0 Å². The maximum absolute atomic E-state index is 12.3. The van der Waals surface area contributed by atoms with E-state index in [2.05, 4.69) is 0 Å². The van der Waals surface area contributed by atoms with Crippen molar-refractivity contribution in [1.82, 2.24) is 0 Å². The van der Waals surface area contributed by atoms with E-state index in [0.29, 0.717) is 11.3 Å². The van der Waals surface area contributed by atoms with Gasteiger partial charge in [0.1, 0.15) is 5.75 Å². The Morgan fingerprint density at radius 3 is 2.55 bits per heavy atom. The van der Waals surface area contributed by atoms with E-state index in [9.17, 15) is 18.0 Å². The maximum atomic E-state index is 12.3. The second kappa shape index (κ2) is 6.60. The maximum Gasteiger partial charge on any atom is 0.414 e. The summed E-state index contributed by atoms with van der Waals surface area (Å²) in [6.07, 6.45) is -8.45. The number of aliphatic hydroxyl groups is 1. The first-order chi connectivity index (χ1) is 9.24. The van der Waals surface area contributed by atoms with Crippen LogP contribution in [0.15, 0.2) is 24.3 Å². The quantitative estimate of drug-likeness (QED) is 0.844. The normalized spacial score (nSPS) is 14.7. The van der Waals surface area contributed by atoms with E-state index in [1.807, 2.05) is 0 Å². The van der Waals surface area contributed by atoms with E-state index in [1.54, 1.807) is 24.3 Å². The van der Waals surface area contributed by atoms with Crippen molar-refractivity contribution >= 4 is 5.97 Å². The molecule has 20 heavy (non-hydrogen) atoms. The van der Waals surface area contributed by atoms with Crippen LogP contribution in [-0.4, -0.2) is 35.6 Å². The largest absolute Gasteiger partial charge is 0.497 e. The molecule has 0 aliphatic carbocycles. The number of carboxylic acids is 1. The van der Waals surface area contributed by atoms with Crippen LogP contribution in [0.25, 0.3) is 0 Å². The number of hydrogen-bond donors (Lipinski definition) is 2. The van der Waals surface area contributed by atoms with E-state index in [4.69, 9.17) is 14.9 Å². The zero-order valence-corrected chi connectivity index (χ0v) is 10.7. The summed E-state index contributed by atoms with van der Waals surface area (Å²) in [6, 6.07) is 6.41. The molecular formula is C13H15F3O4. The molecule has 1 rings (SSSR count). The van der Waals surface area contributed by atoms with Crippen molar-refractivity contribution in [2.75, 3.05) is 7.11 Å². The van der Waals surface area contributed by atoms with Crippen LogP contribution in [0.1, 0.15) is 12.0 Å². The highest BCUT2D eigenvalue weighted by atomic mass is 19.4. The van der Waals surface area contributed by atoms with Gasteiger partial charge >= 0.3 is 12.1 Å². The molecule has 0 radical (unpaired) electrons. The molecule has 0 aliphatic rings. The molecule has 0 fully saturated rings. The van der Waals surface area contributed by atoms with Gasteiger partial charge < -0.3 is 14.9 Å². The van der Waals surface area contributed by atoms with Gasteiger partial charge in [-0.15, -0.1) is 0 Å². The lowest BCUT2D eigenvalue weighted by molar-refractivity contribution is -0.209. The minimum atomic E-state index is -4.82. The monoisotopic (exact) mass is 292 g/mol. The Balaban J connectivity index is 2.79. The van der Waals surface area contributed by atoms with Crippen molar-refractivity contribution in [2.45, 2.75) is 25.1 Å². The number of alkyl halides is 3. The molecule has 0 heterocycles. The number of methoxy groups -OCH3 is 1. The fourth-order valence-corrected chi connectivity index (χ4v) is 1.76. The van der Waals surface area contributed by atoms with Gasteiger partial charge in [-0.05, 0) is 30.5 Å². The zero-order chi connectivity index (χ0) is 15.3. The molecule has 2 atom stereocenters. The molecular weight excluding hydrogens is 277 g/mol. The smallest absolute Gasteiger partial charge is 0.414 e. The number of aliphatic carboxylic acids is 1. The van der Waals surface area contributed by atoms with Gasteiger partial charge in [-0.25, -0.2) is 0 Å². The third-order valence-corrected chi connectivity index (χ3v) is 2.85. The third kappa shape index (κ3) is 4.73. The van der Waals surface area contributed by atoms with Crippen LogP contribution in [-0.2, 0) is 11.2 Å². The number of benzene rings is 1. The molecule has 1 aromatic rings. The first kappa shape index (κ1) is 16.3. The Hall–Kier alpha value is -1.76. The summed E-state index contributed by atoms with van der Waals surface area (Å²) in [7, 11) is 1.43. The van der Waals surface area contributed by atoms with E-state index in [1.165, 1.54) is 7.11 Å². The number of halogens is 3. The second-order valence-electron chi connectivity index (χ2n) is 4.38. The number of aliphatic hydroxyl groups excluding tert-OH is 1.